The van der Waals surface area contributed by atoms with Gasteiger partial charge in [0, 0.05) is 11.3 Å². The van der Waals surface area contributed by atoms with Crippen molar-refractivity contribution in [1.82, 2.24) is 4.98 Å². The summed E-state index contributed by atoms with van der Waals surface area (Å²) < 4.78 is 0. The van der Waals surface area contributed by atoms with Crippen LogP contribution in [0.4, 0.5) is 5.69 Å². The first-order valence-corrected chi connectivity index (χ1v) is 9.60. The van der Waals surface area contributed by atoms with Gasteiger partial charge in [0.1, 0.15) is 4.88 Å². The zero-order valence-corrected chi connectivity index (χ0v) is 15.5. The average Bonchev–Trinajstić information content (AvgIpc) is 3.23. The maximum Gasteiger partial charge on any atom is 0.270 e. The monoisotopic (exact) mass is 370 g/mol. The number of benzene rings is 3. The van der Waals surface area contributed by atoms with Crippen LogP contribution in [0.1, 0.15) is 15.2 Å². The third-order valence-electron chi connectivity index (χ3n) is 4.31. The summed E-state index contributed by atoms with van der Waals surface area (Å²) in [6, 6.07) is 29.7. The molecule has 0 radical (unpaired) electrons. The van der Waals surface area contributed by atoms with E-state index in [0.717, 1.165) is 22.5 Å². The molecule has 1 heterocycles. The molecule has 4 aromatic rings. The van der Waals surface area contributed by atoms with E-state index in [-0.39, 0.29) is 5.91 Å². The SMILES string of the molecule is O=C(c1scnc1-c1ccccc1)N(Cc1ccccc1)c1ccccc1. The standard InChI is InChI=1S/C23H18N2OS/c26-23(22-21(24-17-27-22)19-12-6-2-7-13-19)25(20-14-8-3-9-15-20)16-18-10-4-1-5-11-18/h1-15,17H,16H2. The van der Waals surface area contributed by atoms with E-state index in [2.05, 4.69) is 4.98 Å². The molecule has 0 N–H and O–H groups in total. The van der Waals surface area contributed by atoms with Crippen LogP contribution in [0, 0.1) is 0 Å². The molecule has 1 aromatic heterocycles. The summed E-state index contributed by atoms with van der Waals surface area (Å²) in [7, 11) is 0. The van der Waals surface area contributed by atoms with Crippen molar-refractivity contribution < 1.29 is 4.79 Å². The zero-order valence-electron chi connectivity index (χ0n) is 14.7. The fourth-order valence-corrected chi connectivity index (χ4v) is 3.73. The lowest BCUT2D eigenvalue weighted by Gasteiger charge is -2.23. The second-order valence-corrected chi connectivity index (χ2v) is 6.96. The Morgan fingerprint density at radius 3 is 2.07 bits per heavy atom. The fraction of sp³-hybridized carbons (Fsp3) is 0.0435. The van der Waals surface area contributed by atoms with Gasteiger partial charge in [0.2, 0.25) is 0 Å². The molecule has 132 valence electrons. The van der Waals surface area contributed by atoms with Gasteiger partial charge in [0.25, 0.3) is 5.91 Å². The van der Waals surface area contributed by atoms with Crippen molar-refractivity contribution in [2.24, 2.45) is 0 Å². The minimum atomic E-state index is -0.0357. The molecule has 3 nitrogen and oxygen atoms in total. The van der Waals surface area contributed by atoms with E-state index in [4.69, 9.17) is 0 Å². The molecule has 0 unspecified atom stereocenters. The number of para-hydroxylation sites is 1. The molecule has 0 aliphatic rings. The van der Waals surface area contributed by atoms with Crippen LogP contribution in [0.3, 0.4) is 0 Å². The topological polar surface area (TPSA) is 33.2 Å². The molecule has 0 saturated carbocycles. The number of hydrogen-bond donors (Lipinski definition) is 0. The maximum atomic E-state index is 13.5. The molecule has 0 spiro atoms. The molecule has 4 rings (SSSR count). The van der Waals surface area contributed by atoms with Gasteiger partial charge in [0.05, 0.1) is 17.7 Å². The van der Waals surface area contributed by atoms with Crippen LogP contribution in [0.25, 0.3) is 11.3 Å². The minimum Gasteiger partial charge on any atom is -0.303 e. The predicted molar refractivity (Wildman–Crippen MR) is 111 cm³/mol. The van der Waals surface area contributed by atoms with Gasteiger partial charge in [0.15, 0.2) is 0 Å². The van der Waals surface area contributed by atoms with Crippen LogP contribution < -0.4 is 4.90 Å². The van der Waals surface area contributed by atoms with Gasteiger partial charge in [-0.3, -0.25) is 4.79 Å². The van der Waals surface area contributed by atoms with Gasteiger partial charge in [-0.05, 0) is 17.7 Å². The number of thiazole rings is 1. The Bertz CT molecular complexity index is 1010. The summed E-state index contributed by atoms with van der Waals surface area (Å²) in [4.78, 5) is 20.4. The van der Waals surface area contributed by atoms with E-state index in [9.17, 15) is 4.79 Å². The fourth-order valence-electron chi connectivity index (χ4n) is 2.98. The summed E-state index contributed by atoms with van der Waals surface area (Å²) in [6.45, 7) is 0.510. The molecule has 1 amide bonds. The van der Waals surface area contributed by atoms with Crippen molar-refractivity contribution in [3.05, 3.63) is 107 Å². The number of amides is 1. The lowest BCUT2D eigenvalue weighted by atomic mass is 10.1. The molecule has 0 bridgehead atoms. The number of carbonyl (C=O) groups is 1. The molecule has 4 heteroatoms. The third kappa shape index (κ3) is 3.81. The van der Waals surface area contributed by atoms with Crippen molar-refractivity contribution in [3.8, 4) is 11.3 Å². The molecule has 0 aliphatic carbocycles. The van der Waals surface area contributed by atoms with Gasteiger partial charge in [-0.1, -0.05) is 78.9 Å². The highest BCUT2D eigenvalue weighted by Gasteiger charge is 2.23. The van der Waals surface area contributed by atoms with Crippen LogP contribution in [0.2, 0.25) is 0 Å². The molecule has 3 aromatic carbocycles. The second-order valence-electron chi connectivity index (χ2n) is 6.11. The van der Waals surface area contributed by atoms with E-state index in [1.807, 2.05) is 95.9 Å². The lowest BCUT2D eigenvalue weighted by molar-refractivity contribution is 0.0989. The van der Waals surface area contributed by atoms with Crippen molar-refractivity contribution >= 4 is 22.9 Å². The van der Waals surface area contributed by atoms with E-state index < -0.39 is 0 Å². The van der Waals surface area contributed by atoms with Crippen molar-refractivity contribution in [1.29, 1.82) is 0 Å². The summed E-state index contributed by atoms with van der Waals surface area (Å²) >= 11 is 1.38. The minimum absolute atomic E-state index is 0.0357. The predicted octanol–water partition coefficient (Wildman–Crippen LogP) is 5.66. The molecular weight excluding hydrogens is 352 g/mol. The third-order valence-corrected chi connectivity index (χ3v) is 5.12. The highest BCUT2D eigenvalue weighted by Crippen LogP contribution is 2.29. The lowest BCUT2D eigenvalue weighted by Crippen LogP contribution is -2.30. The Morgan fingerprint density at radius 1 is 0.815 bits per heavy atom. The van der Waals surface area contributed by atoms with Gasteiger partial charge in [-0.25, -0.2) is 4.98 Å². The van der Waals surface area contributed by atoms with Crippen LogP contribution in [0.15, 0.2) is 96.5 Å². The van der Waals surface area contributed by atoms with Crippen LogP contribution in [-0.2, 0) is 6.54 Å². The van der Waals surface area contributed by atoms with Crippen LogP contribution in [-0.4, -0.2) is 10.9 Å². The first-order valence-electron chi connectivity index (χ1n) is 8.72. The van der Waals surface area contributed by atoms with Crippen molar-refractivity contribution in [3.63, 3.8) is 0 Å². The molecule has 0 saturated heterocycles. The first kappa shape index (κ1) is 17.2. The highest BCUT2D eigenvalue weighted by atomic mass is 32.1. The summed E-state index contributed by atoms with van der Waals surface area (Å²) in [6.07, 6.45) is 0. The highest BCUT2D eigenvalue weighted by molar-refractivity contribution is 7.12. The number of rotatable bonds is 5. The first-order chi connectivity index (χ1) is 13.3. The number of nitrogens with zero attached hydrogens (tertiary/aromatic N) is 2. The van der Waals surface area contributed by atoms with E-state index in [1.54, 1.807) is 5.51 Å². The maximum absolute atomic E-state index is 13.5. The van der Waals surface area contributed by atoms with Gasteiger partial charge >= 0.3 is 0 Å². The normalized spacial score (nSPS) is 10.5. The summed E-state index contributed by atoms with van der Waals surface area (Å²) in [5, 5.41) is 0. The van der Waals surface area contributed by atoms with E-state index >= 15 is 0 Å². The zero-order chi connectivity index (χ0) is 18.5. The Kier molecular flexibility index (Phi) is 5.08. The largest absolute Gasteiger partial charge is 0.303 e. The van der Waals surface area contributed by atoms with Gasteiger partial charge in [-0.2, -0.15) is 0 Å². The van der Waals surface area contributed by atoms with E-state index in [1.165, 1.54) is 11.3 Å². The number of hydrogen-bond acceptors (Lipinski definition) is 3. The average molecular weight is 370 g/mol. The summed E-state index contributed by atoms with van der Waals surface area (Å²) in [5.41, 5.74) is 5.38. The van der Waals surface area contributed by atoms with Crippen LogP contribution in [0.5, 0.6) is 0 Å². The van der Waals surface area contributed by atoms with Gasteiger partial charge in [-0.15, -0.1) is 11.3 Å². The quantitative estimate of drug-likeness (QED) is 0.454. The number of aromatic nitrogens is 1. The Hall–Kier alpha value is -3.24. The molecular formula is C23H18N2OS. The molecule has 27 heavy (non-hydrogen) atoms. The molecule has 0 aliphatic heterocycles. The number of carbonyl (C=O) groups excluding carboxylic acids is 1. The smallest absolute Gasteiger partial charge is 0.270 e. The summed E-state index contributed by atoms with van der Waals surface area (Å²) in [5.74, 6) is -0.0357. The Balaban J connectivity index is 1.73. The van der Waals surface area contributed by atoms with E-state index in [0.29, 0.717) is 11.4 Å². The second kappa shape index (κ2) is 7.98. The Morgan fingerprint density at radius 2 is 1.41 bits per heavy atom. The molecule has 0 atom stereocenters. The van der Waals surface area contributed by atoms with Crippen molar-refractivity contribution in [2.75, 3.05) is 4.90 Å². The Labute approximate surface area is 162 Å². The number of anilines is 1. The molecule has 0 fully saturated rings. The van der Waals surface area contributed by atoms with Crippen molar-refractivity contribution in [2.45, 2.75) is 6.54 Å². The van der Waals surface area contributed by atoms with Gasteiger partial charge < -0.3 is 4.90 Å². The van der Waals surface area contributed by atoms with Crippen LogP contribution >= 0.6 is 11.3 Å².